The van der Waals surface area contributed by atoms with Crippen LogP contribution in [0.4, 0.5) is 0 Å². The number of allylic oxidation sites excluding steroid dienone is 1. The Morgan fingerprint density at radius 1 is 1.45 bits per heavy atom. The first kappa shape index (κ1) is 19.1. The molecule has 0 radical (unpaired) electrons. The van der Waals surface area contributed by atoms with Crippen molar-refractivity contribution in [3.63, 3.8) is 0 Å². The van der Waals surface area contributed by atoms with Gasteiger partial charge in [0.25, 0.3) is 0 Å². The third-order valence-electron chi connectivity index (χ3n) is 4.95. The lowest BCUT2D eigenvalue weighted by Crippen LogP contribution is -2.29. The zero-order valence-corrected chi connectivity index (χ0v) is 15.3. The molecule has 1 fully saturated rings. The van der Waals surface area contributed by atoms with Gasteiger partial charge in [0, 0.05) is 11.8 Å². The molecule has 1 rings (SSSR count). The minimum atomic E-state index is -0.936. The molecule has 1 aliphatic rings. The summed E-state index contributed by atoms with van der Waals surface area (Å²) in [6.45, 7) is 8.69. The van der Waals surface area contributed by atoms with E-state index in [0.717, 1.165) is 0 Å². The van der Waals surface area contributed by atoms with Crippen LogP contribution < -0.4 is 0 Å². The number of aliphatic carboxylic acids is 1. The first-order valence-corrected chi connectivity index (χ1v) is 9.11. The summed E-state index contributed by atoms with van der Waals surface area (Å²) in [6.07, 6.45) is 3.19. The van der Waals surface area contributed by atoms with Crippen LogP contribution in [0.2, 0.25) is 5.04 Å². The lowest BCUT2D eigenvalue weighted by atomic mass is 9.90. The summed E-state index contributed by atoms with van der Waals surface area (Å²) in [5, 5.41) is 19.3. The van der Waals surface area contributed by atoms with Gasteiger partial charge in [0.1, 0.15) is 6.29 Å². The highest BCUT2D eigenvalue weighted by Gasteiger charge is 2.43. The second kappa shape index (κ2) is 8.03. The molecule has 0 bridgehead atoms. The molecule has 0 unspecified atom stereocenters. The molecule has 0 saturated heterocycles. The SMILES string of the molecule is CC(C)C(C)(C)[SiH2]O[C@H]1C[C@@H](O)[C@@H](CC(=O)O)[C@@H]1/C=C/C=O. The van der Waals surface area contributed by atoms with Gasteiger partial charge in [-0.05, 0) is 23.5 Å². The molecule has 2 N–H and O–H groups in total. The van der Waals surface area contributed by atoms with Crippen LogP contribution in [0.1, 0.15) is 40.5 Å². The molecule has 0 aromatic carbocycles. The summed E-state index contributed by atoms with van der Waals surface area (Å²) in [5.74, 6) is -1.04. The molecule has 0 heterocycles. The van der Waals surface area contributed by atoms with E-state index >= 15 is 0 Å². The van der Waals surface area contributed by atoms with Gasteiger partial charge < -0.3 is 14.6 Å². The number of hydrogen-bond acceptors (Lipinski definition) is 4. The maximum atomic E-state index is 11.0. The second-order valence-corrected chi connectivity index (χ2v) is 9.60. The maximum Gasteiger partial charge on any atom is 0.303 e. The number of hydrogen-bond donors (Lipinski definition) is 2. The van der Waals surface area contributed by atoms with Gasteiger partial charge in [-0.1, -0.05) is 33.8 Å². The molecule has 0 spiro atoms. The molecule has 126 valence electrons. The number of aldehydes is 1. The fraction of sp³-hybridized carbons (Fsp3) is 0.750. The molecule has 5 nitrogen and oxygen atoms in total. The number of carboxylic acid groups (broad SMARTS) is 1. The van der Waals surface area contributed by atoms with Crippen LogP contribution in [0.3, 0.4) is 0 Å². The van der Waals surface area contributed by atoms with Gasteiger partial charge >= 0.3 is 5.97 Å². The number of carbonyl (C=O) groups excluding carboxylic acids is 1. The van der Waals surface area contributed by atoms with E-state index in [1.807, 2.05) is 0 Å². The fourth-order valence-corrected chi connectivity index (χ4v) is 4.02. The lowest BCUT2D eigenvalue weighted by Gasteiger charge is -2.31. The van der Waals surface area contributed by atoms with Crippen LogP contribution in [0.5, 0.6) is 0 Å². The summed E-state index contributed by atoms with van der Waals surface area (Å²) in [6, 6.07) is 0. The monoisotopic (exact) mass is 328 g/mol. The van der Waals surface area contributed by atoms with Crippen molar-refractivity contribution in [2.45, 2.75) is 57.8 Å². The number of aliphatic hydroxyl groups is 1. The Labute approximate surface area is 134 Å². The van der Waals surface area contributed by atoms with Crippen molar-refractivity contribution in [2.24, 2.45) is 17.8 Å². The minimum absolute atomic E-state index is 0.107. The van der Waals surface area contributed by atoms with E-state index in [9.17, 15) is 14.7 Å². The highest BCUT2D eigenvalue weighted by Crippen LogP contribution is 2.40. The lowest BCUT2D eigenvalue weighted by molar-refractivity contribution is -0.139. The summed E-state index contributed by atoms with van der Waals surface area (Å²) >= 11 is 0. The summed E-state index contributed by atoms with van der Waals surface area (Å²) in [7, 11) is -0.846. The Hall–Kier alpha value is -0.983. The molecule has 6 heteroatoms. The topological polar surface area (TPSA) is 83.8 Å². The Morgan fingerprint density at radius 3 is 2.59 bits per heavy atom. The Kier molecular flexibility index (Phi) is 6.96. The third-order valence-corrected chi connectivity index (χ3v) is 7.10. The number of carboxylic acids is 1. The van der Waals surface area contributed by atoms with E-state index < -0.39 is 27.8 Å². The third kappa shape index (κ3) is 5.03. The van der Waals surface area contributed by atoms with Gasteiger partial charge in [-0.2, -0.15) is 0 Å². The van der Waals surface area contributed by atoms with Crippen LogP contribution in [0, 0.1) is 17.8 Å². The normalized spacial score (nSPS) is 29.9. The predicted molar refractivity (Wildman–Crippen MR) is 87.4 cm³/mol. The summed E-state index contributed by atoms with van der Waals surface area (Å²) < 4.78 is 6.14. The average Bonchev–Trinajstić information content (AvgIpc) is 2.70. The van der Waals surface area contributed by atoms with Crippen molar-refractivity contribution in [1.29, 1.82) is 0 Å². The van der Waals surface area contributed by atoms with Crippen molar-refractivity contribution >= 4 is 22.0 Å². The molecule has 0 amide bonds. The van der Waals surface area contributed by atoms with E-state index in [0.29, 0.717) is 18.6 Å². The quantitative estimate of drug-likeness (QED) is 0.401. The molecular formula is C16H28O5Si. The average molecular weight is 328 g/mol. The Bertz CT molecular complexity index is 419. The van der Waals surface area contributed by atoms with Gasteiger partial charge in [-0.3, -0.25) is 9.59 Å². The van der Waals surface area contributed by atoms with Crippen molar-refractivity contribution in [3.8, 4) is 0 Å². The predicted octanol–water partition coefficient (Wildman–Crippen LogP) is 1.54. The first-order valence-electron chi connectivity index (χ1n) is 7.82. The smallest absolute Gasteiger partial charge is 0.303 e. The van der Waals surface area contributed by atoms with Gasteiger partial charge in [0.2, 0.25) is 0 Å². The zero-order chi connectivity index (χ0) is 16.9. The standard InChI is InChI=1S/C16H28O5Si/c1-10(2)16(3,4)22-21-14-9-13(18)12(8-15(19)20)11(14)6-5-7-17/h5-7,10-14,18H,8-9,22H2,1-4H3,(H,19,20)/b6-5+/t11-,12-,13+,14-/m0/s1. The van der Waals surface area contributed by atoms with Crippen LogP contribution >= 0.6 is 0 Å². The molecule has 4 atom stereocenters. The van der Waals surface area contributed by atoms with E-state index in [4.69, 9.17) is 9.53 Å². The van der Waals surface area contributed by atoms with Crippen molar-refractivity contribution in [1.82, 2.24) is 0 Å². The Morgan fingerprint density at radius 2 is 2.09 bits per heavy atom. The van der Waals surface area contributed by atoms with Gasteiger partial charge in [0.05, 0.1) is 18.6 Å². The molecular weight excluding hydrogens is 300 g/mol. The van der Waals surface area contributed by atoms with Crippen LogP contribution in [-0.4, -0.2) is 44.4 Å². The minimum Gasteiger partial charge on any atom is -0.481 e. The molecule has 1 aliphatic carbocycles. The van der Waals surface area contributed by atoms with Crippen LogP contribution in [0.25, 0.3) is 0 Å². The van der Waals surface area contributed by atoms with Gasteiger partial charge in [-0.25, -0.2) is 0 Å². The number of carbonyl (C=O) groups is 2. The first-order chi connectivity index (χ1) is 10.2. The van der Waals surface area contributed by atoms with Crippen molar-refractivity contribution in [2.75, 3.05) is 0 Å². The number of rotatable bonds is 8. The summed E-state index contributed by atoms with van der Waals surface area (Å²) in [4.78, 5) is 21.6. The van der Waals surface area contributed by atoms with Gasteiger partial charge in [0.15, 0.2) is 9.76 Å². The van der Waals surface area contributed by atoms with Crippen LogP contribution in [0.15, 0.2) is 12.2 Å². The van der Waals surface area contributed by atoms with Crippen LogP contribution in [-0.2, 0) is 14.0 Å². The van der Waals surface area contributed by atoms with E-state index in [-0.39, 0.29) is 23.5 Å². The molecule has 0 aromatic rings. The maximum absolute atomic E-state index is 11.0. The van der Waals surface area contributed by atoms with Crippen molar-refractivity contribution < 1.29 is 24.2 Å². The fourth-order valence-electron chi connectivity index (χ4n) is 2.68. The highest BCUT2D eigenvalue weighted by molar-refractivity contribution is 6.32. The van der Waals surface area contributed by atoms with Crippen molar-refractivity contribution in [3.05, 3.63) is 12.2 Å². The largest absolute Gasteiger partial charge is 0.481 e. The summed E-state index contributed by atoms with van der Waals surface area (Å²) in [5.41, 5.74) is 0. The van der Waals surface area contributed by atoms with E-state index in [1.54, 1.807) is 6.08 Å². The molecule has 1 saturated carbocycles. The van der Waals surface area contributed by atoms with E-state index in [1.165, 1.54) is 6.08 Å². The van der Waals surface area contributed by atoms with E-state index in [2.05, 4.69) is 27.7 Å². The molecule has 0 aliphatic heterocycles. The second-order valence-electron chi connectivity index (χ2n) is 7.16. The zero-order valence-electron chi connectivity index (χ0n) is 13.9. The molecule has 0 aromatic heterocycles. The Balaban J connectivity index is 2.81. The van der Waals surface area contributed by atoms with Gasteiger partial charge in [-0.15, -0.1) is 0 Å². The number of aliphatic hydroxyl groups excluding tert-OH is 1. The highest BCUT2D eigenvalue weighted by atomic mass is 28.2. The molecule has 22 heavy (non-hydrogen) atoms.